The molecule has 0 spiro atoms. The van der Waals surface area contributed by atoms with Crippen molar-refractivity contribution < 1.29 is 4.79 Å². The Morgan fingerprint density at radius 1 is 0.960 bits per heavy atom. The predicted molar refractivity (Wildman–Crippen MR) is 98.8 cm³/mol. The van der Waals surface area contributed by atoms with E-state index in [4.69, 9.17) is 0 Å². The summed E-state index contributed by atoms with van der Waals surface area (Å²) in [6, 6.07) is 16.2. The second-order valence-electron chi connectivity index (χ2n) is 6.01. The molecule has 126 valence electrons. The molecule has 5 heteroatoms. The van der Waals surface area contributed by atoms with Crippen LogP contribution in [0.25, 0.3) is 11.3 Å². The lowest BCUT2D eigenvalue weighted by molar-refractivity contribution is 0.102. The average Bonchev–Trinajstić information content (AvgIpc) is 2.60. The lowest BCUT2D eigenvalue weighted by Crippen LogP contribution is -2.18. The van der Waals surface area contributed by atoms with Gasteiger partial charge < -0.3 is 5.32 Å². The highest BCUT2D eigenvalue weighted by Crippen LogP contribution is 2.19. The number of aromatic nitrogens is 2. The summed E-state index contributed by atoms with van der Waals surface area (Å²) in [4.78, 5) is 23.8. The SMILES string of the molecule is Cc1ccc(C(=O)Nc2ccc(-c3ccc(=O)n(C)n3)cc2)cc1C. The van der Waals surface area contributed by atoms with Crippen LogP contribution in [-0.4, -0.2) is 15.7 Å². The van der Waals surface area contributed by atoms with Crippen LogP contribution in [0.1, 0.15) is 21.5 Å². The van der Waals surface area contributed by atoms with E-state index in [1.165, 1.54) is 10.7 Å². The quantitative estimate of drug-likeness (QED) is 0.800. The van der Waals surface area contributed by atoms with Gasteiger partial charge in [0.25, 0.3) is 11.5 Å². The molecule has 0 atom stereocenters. The summed E-state index contributed by atoms with van der Waals surface area (Å²) in [5.74, 6) is -0.143. The lowest BCUT2D eigenvalue weighted by atomic mass is 10.1. The number of hydrogen-bond donors (Lipinski definition) is 1. The molecule has 3 rings (SSSR count). The van der Waals surface area contributed by atoms with Crippen molar-refractivity contribution in [2.45, 2.75) is 13.8 Å². The van der Waals surface area contributed by atoms with Crippen LogP contribution in [0.15, 0.2) is 59.4 Å². The van der Waals surface area contributed by atoms with Gasteiger partial charge in [0, 0.05) is 29.9 Å². The van der Waals surface area contributed by atoms with E-state index in [-0.39, 0.29) is 11.5 Å². The molecule has 1 N–H and O–H groups in total. The van der Waals surface area contributed by atoms with Crippen molar-refractivity contribution in [3.63, 3.8) is 0 Å². The largest absolute Gasteiger partial charge is 0.322 e. The van der Waals surface area contributed by atoms with Gasteiger partial charge in [-0.05, 0) is 55.3 Å². The second kappa shape index (κ2) is 6.73. The summed E-state index contributed by atoms with van der Waals surface area (Å²) in [6.45, 7) is 4.00. The first-order valence-electron chi connectivity index (χ1n) is 7.97. The van der Waals surface area contributed by atoms with Gasteiger partial charge in [-0.1, -0.05) is 18.2 Å². The molecule has 0 radical (unpaired) electrons. The molecule has 3 aromatic rings. The Hall–Kier alpha value is -3.21. The van der Waals surface area contributed by atoms with Gasteiger partial charge in [-0.25, -0.2) is 4.68 Å². The Balaban J connectivity index is 1.78. The third-order valence-corrected chi connectivity index (χ3v) is 4.17. The number of anilines is 1. The average molecular weight is 333 g/mol. The van der Waals surface area contributed by atoms with Gasteiger partial charge in [0.15, 0.2) is 0 Å². The molecule has 0 aliphatic heterocycles. The summed E-state index contributed by atoms with van der Waals surface area (Å²) in [5, 5.41) is 7.11. The predicted octanol–water partition coefficient (Wildman–Crippen LogP) is 3.32. The van der Waals surface area contributed by atoms with Crippen molar-refractivity contribution in [1.29, 1.82) is 0 Å². The van der Waals surface area contributed by atoms with E-state index in [0.29, 0.717) is 16.9 Å². The van der Waals surface area contributed by atoms with E-state index < -0.39 is 0 Å². The van der Waals surface area contributed by atoms with E-state index in [1.54, 1.807) is 13.1 Å². The monoisotopic (exact) mass is 333 g/mol. The van der Waals surface area contributed by atoms with Gasteiger partial charge in [-0.15, -0.1) is 0 Å². The standard InChI is InChI=1S/C20H19N3O2/c1-13-4-5-16(12-14(13)2)20(25)21-17-8-6-15(7-9-17)18-10-11-19(24)23(3)22-18/h4-12H,1-3H3,(H,21,25). The number of nitrogens with zero attached hydrogens (tertiary/aromatic N) is 2. The van der Waals surface area contributed by atoms with Crippen LogP contribution in [0.2, 0.25) is 0 Å². The molecular formula is C20H19N3O2. The molecule has 5 nitrogen and oxygen atoms in total. The third kappa shape index (κ3) is 3.66. The van der Waals surface area contributed by atoms with Gasteiger partial charge in [0.2, 0.25) is 0 Å². The van der Waals surface area contributed by atoms with Crippen LogP contribution in [0, 0.1) is 13.8 Å². The highest BCUT2D eigenvalue weighted by Gasteiger charge is 2.08. The fourth-order valence-electron chi connectivity index (χ4n) is 2.47. The summed E-state index contributed by atoms with van der Waals surface area (Å²) in [7, 11) is 1.62. The van der Waals surface area contributed by atoms with Crippen LogP contribution in [0.4, 0.5) is 5.69 Å². The first-order valence-corrected chi connectivity index (χ1v) is 7.97. The van der Waals surface area contributed by atoms with Crippen molar-refractivity contribution in [1.82, 2.24) is 9.78 Å². The number of carbonyl (C=O) groups excluding carboxylic acids is 1. The number of benzene rings is 2. The Bertz CT molecular complexity index is 989. The van der Waals surface area contributed by atoms with Gasteiger partial charge in [0.1, 0.15) is 0 Å². The Kier molecular flexibility index (Phi) is 4.48. The maximum Gasteiger partial charge on any atom is 0.266 e. The van der Waals surface area contributed by atoms with Crippen molar-refractivity contribution in [2.75, 3.05) is 5.32 Å². The zero-order valence-corrected chi connectivity index (χ0v) is 14.4. The lowest BCUT2D eigenvalue weighted by Gasteiger charge is -2.08. The molecule has 0 saturated heterocycles. The minimum Gasteiger partial charge on any atom is -0.322 e. The molecule has 0 saturated carbocycles. The van der Waals surface area contributed by atoms with Gasteiger partial charge in [-0.3, -0.25) is 9.59 Å². The van der Waals surface area contributed by atoms with Crippen LogP contribution in [0.3, 0.4) is 0 Å². The first kappa shape index (κ1) is 16.6. The number of carbonyl (C=O) groups is 1. The molecule has 0 fully saturated rings. The summed E-state index contributed by atoms with van der Waals surface area (Å²) in [5.41, 5.74) is 5.01. The molecule has 1 amide bonds. The minimum absolute atomic E-state index is 0.143. The first-order chi connectivity index (χ1) is 11.9. The van der Waals surface area contributed by atoms with Gasteiger partial charge in [0.05, 0.1) is 5.69 Å². The van der Waals surface area contributed by atoms with E-state index in [2.05, 4.69) is 10.4 Å². The number of nitrogens with one attached hydrogen (secondary N) is 1. The number of amides is 1. The summed E-state index contributed by atoms with van der Waals surface area (Å²) in [6.07, 6.45) is 0. The van der Waals surface area contributed by atoms with Crippen LogP contribution in [0.5, 0.6) is 0 Å². The van der Waals surface area contributed by atoms with Crippen molar-refractivity contribution >= 4 is 11.6 Å². The molecule has 1 aromatic heterocycles. The molecule has 0 bridgehead atoms. The van der Waals surface area contributed by atoms with E-state index in [1.807, 2.05) is 56.3 Å². The zero-order valence-electron chi connectivity index (χ0n) is 14.4. The Labute approximate surface area is 145 Å². The second-order valence-corrected chi connectivity index (χ2v) is 6.01. The zero-order chi connectivity index (χ0) is 18.0. The van der Waals surface area contributed by atoms with Gasteiger partial charge >= 0.3 is 0 Å². The van der Waals surface area contributed by atoms with Gasteiger partial charge in [-0.2, -0.15) is 5.10 Å². The normalized spacial score (nSPS) is 10.5. The fourth-order valence-corrected chi connectivity index (χ4v) is 2.47. The van der Waals surface area contributed by atoms with E-state index in [0.717, 1.165) is 16.7 Å². The maximum atomic E-state index is 12.4. The van der Waals surface area contributed by atoms with Crippen LogP contribution in [-0.2, 0) is 7.05 Å². The Morgan fingerprint density at radius 2 is 1.68 bits per heavy atom. The highest BCUT2D eigenvalue weighted by atomic mass is 16.1. The third-order valence-electron chi connectivity index (χ3n) is 4.17. The van der Waals surface area contributed by atoms with Crippen molar-refractivity contribution in [3.05, 3.63) is 81.6 Å². The minimum atomic E-state index is -0.152. The fraction of sp³-hybridized carbons (Fsp3) is 0.150. The van der Waals surface area contributed by atoms with E-state index >= 15 is 0 Å². The molecular weight excluding hydrogens is 314 g/mol. The maximum absolute atomic E-state index is 12.4. The van der Waals surface area contributed by atoms with Crippen molar-refractivity contribution in [3.8, 4) is 11.3 Å². The molecule has 0 aliphatic rings. The topological polar surface area (TPSA) is 64.0 Å². The molecule has 0 aliphatic carbocycles. The number of hydrogen-bond acceptors (Lipinski definition) is 3. The van der Waals surface area contributed by atoms with Crippen LogP contribution >= 0.6 is 0 Å². The van der Waals surface area contributed by atoms with Crippen LogP contribution < -0.4 is 10.9 Å². The van der Waals surface area contributed by atoms with E-state index in [9.17, 15) is 9.59 Å². The van der Waals surface area contributed by atoms with Crippen molar-refractivity contribution in [2.24, 2.45) is 7.05 Å². The molecule has 2 aromatic carbocycles. The summed E-state index contributed by atoms with van der Waals surface area (Å²) < 4.78 is 1.30. The summed E-state index contributed by atoms with van der Waals surface area (Å²) >= 11 is 0. The molecule has 1 heterocycles. The number of rotatable bonds is 3. The molecule has 25 heavy (non-hydrogen) atoms. The molecule has 0 unspecified atom stereocenters. The Morgan fingerprint density at radius 3 is 2.32 bits per heavy atom. The highest BCUT2D eigenvalue weighted by molar-refractivity contribution is 6.04. The number of aryl methyl sites for hydroxylation is 3. The smallest absolute Gasteiger partial charge is 0.266 e.